The van der Waals surface area contributed by atoms with Gasteiger partial charge in [-0.25, -0.2) is 4.79 Å². The number of amides is 2. The molecule has 1 aromatic rings. The minimum absolute atomic E-state index is 0.0268. The van der Waals surface area contributed by atoms with E-state index in [4.69, 9.17) is 10.2 Å². The average Bonchev–Trinajstić information content (AvgIpc) is 2.44. The number of aliphatic carboxylic acids is 1. The Bertz CT molecular complexity index is 422. The summed E-state index contributed by atoms with van der Waals surface area (Å²) in [5.41, 5.74) is 0.974. The predicted molar refractivity (Wildman–Crippen MR) is 74.2 cm³/mol. The number of rotatable bonds is 8. The van der Waals surface area contributed by atoms with Crippen molar-refractivity contribution >= 4 is 12.0 Å². The Balaban J connectivity index is 2.44. The standard InChI is InChI=1S/C14H20N2O4/c17-10-9-16(11-12-5-2-1-3-6-12)14(20)15-8-4-7-13(18)19/h1-3,5-6,17H,4,7-11H2,(H,15,20)(H,18,19). The van der Waals surface area contributed by atoms with Crippen molar-refractivity contribution in [3.8, 4) is 0 Å². The molecule has 0 radical (unpaired) electrons. The summed E-state index contributed by atoms with van der Waals surface area (Å²) in [6.07, 6.45) is 0.415. The Kier molecular flexibility index (Phi) is 7.13. The Labute approximate surface area is 118 Å². The number of aliphatic hydroxyl groups excluding tert-OH is 1. The minimum atomic E-state index is -0.879. The average molecular weight is 280 g/mol. The van der Waals surface area contributed by atoms with Crippen LogP contribution in [0.15, 0.2) is 30.3 Å². The van der Waals surface area contributed by atoms with Crippen LogP contribution in [0.2, 0.25) is 0 Å². The second kappa shape index (κ2) is 8.92. The summed E-state index contributed by atoms with van der Waals surface area (Å²) in [5.74, 6) is -0.879. The number of carbonyl (C=O) groups excluding carboxylic acids is 1. The van der Waals surface area contributed by atoms with Crippen LogP contribution < -0.4 is 5.32 Å². The fraction of sp³-hybridized carbons (Fsp3) is 0.429. The van der Waals surface area contributed by atoms with Crippen LogP contribution in [0, 0.1) is 0 Å². The van der Waals surface area contributed by atoms with Gasteiger partial charge in [-0.05, 0) is 12.0 Å². The fourth-order valence-corrected chi connectivity index (χ4v) is 1.72. The smallest absolute Gasteiger partial charge is 0.317 e. The molecule has 0 spiro atoms. The van der Waals surface area contributed by atoms with Crippen LogP contribution in [0.5, 0.6) is 0 Å². The minimum Gasteiger partial charge on any atom is -0.481 e. The van der Waals surface area contributed by atoms with E-state index < -0.39 is 5.97 Å². The van der Waals surface area contributed by atoms with Gasteiger partial charge in [-0.3, -0.25) is 4.79 Å². The highest BCUT2D eigenvalue weighted by Gasteiger charge is 2.12. The molecule has 0 aliphatic heterocycles. The maximum Gasteiger partial charge on any atom is 0.317 e. The number of aliphatic hydroxyl groups is 1. The molecule has 0 heterocycles. The molecular formula is C14H20N2O4. The highest BCUT2D eigenvalue weighted by atomic mass is 16.4. The number of hydrogen-bond acceptors (Lipinski definition) is 3. The molecule has 2 amide bonds. The van der Waals surface area contributed by atoms with Crippen molar-refractivity contribution in [3.63, 3.8) is 0 Å². The summed E-state index contributed by atoms with van der Waals surface area (Å²) < 4.78 is 0. The van der Waals surface area contributed by atoms with Crippen LogP contribution in [0.1, 0.15) is 18.4 Å². The van der Waals surface area contributed by atoms with Gasteiger partial charge >= 0.3 is 12.0 Å². The third-order valence-electron chi connectivity index (χ3n) is 2.72. The second-order valence-electron chi connectivity index (χ2n) is 4.36. The van der Waals surface area contributed by atoms with Crippen LogP contribution in [0.3, 0.4) is 0 Å². The number of carboxylic acid groups (broad SMARTS) is 1. The SMILES string of the molecule is O=C(O)CCCNC(=O)N(CCO)Cc1ccccc1. The van der Waals surface area contributed by atoms with Crippen molar-refractivity contribution in [2.24, 2.45) is 0 Å². The molecule has 0 aromatic heterocycles. The number of carboxylic acids is 1. The normalized spacial score (nSPS) is 10.1. The summed E-state index contributed by atoms with van der Waals surface area (Å²) in [7, 11) is 0. The van der Waals surface area contributed by atoms with E-state index in [9.17, 15) is 9.59 Å². The van der Waals surface area contributed by atoms with Crippen LogP contribution in [0.4, 0.5) is 4.79 Å². The van der Waals surface area contributed by atoms with E-state index in [0.717, 1.165) is 5.56 Å². The van der Waals surface area contributed by atoms with E-state index in [2.05, 4.69) is 5.32 Å². The highest BCUT2D eigenvalue weighted by Crippen LogP contribution is 2.04. The van der Waals surface area contributed by atoms with Crippen molar-refractivity contribution in [3.05, 3.63) is 35.9 Å². The van der Waals surface area contributed by atoms with Crippen LogP contribution in [-0.2, 0) is 11.3 Å². The maximum atomic E-state index is 11.9. The van der Waals surface area contributed by atoms with Gasteiger partial charge in [-0.2, -0.15) is 0 Å². The molecule has 20 heavy (non-hydrogen) atoms. The summed E-state index contributed by atoms with van der Waals surface area (Å²) in [4.78, 5) is 23.8. The highest BCUT2D eigenvalue weighted by molar-refractivity contribution is 5.74. The van der Waals surface area contributed by atoms with E-state index in [1.807, 2.05) is 30.3 Å². The van der Waals surface area contributed by atoms with Crippen LogP contribution >= 0.6 is 0 Å². The van der Waals surface area contributed by atoms with E-state index >= 15 is 0 Å². The van der Waals surface area contributed by atoms with E-state index in [1.54, 1.807) is 0 Å². The lowest BCUT2D eigenvalue weighted by molar-refractivity contribution is -0.137. The number of nitrogens with zero attached hydrogens (tertiary/aromatic N) is 1. The van der Waals surface area contributed by atoms with Crippen molar-refractivity contribution in [1.29, 1.82) is 0 Å². The first-order valence-corrected chi connectivity index (χ1v) is 6.53. The second-order valence-corrected chi connectivity index (χ2v) is 4.36. The van der Waals surface area contributed by atoms with Crippen molar-refractivity contribution < 1.29 is 19.8 Å². The lowest BCUT2D eigenvalue weighted by Crippen LogP contribution is -2.41. The molecule has 0 saturated heterocycles. The summed E-state index contributed by atoms with van der Waals surface area (Å²) >= 11 is 0. The number of carbonyl (C=O) groups is 2. The molecule has 0 aliphatic rings. The molecule has 1 aromatic carbocycles. The Morgan fingerprint density at radius 2 is 1.90 bits per heavy atom. The summed E-state index contributed by atoms with van der Waals surface area (Å²) in [6, 6.07) is 9.18. The fourth-order valence-electron chi connectivity index (χ4n) is 1.72. The first-order valence-electron chi connectivity index (χ1n) is 6.53. The van der Waals surface area contributed by atoms with Gasteiger partial charge < -0.3 is 20.4 Å². The molecule has 6 nitrogen and oxygen atoms in total. The van der Waals surface area contributed by atoms with E-state index in [0.29, 0.717) is 19.5 Å². The molecule has 3 N–H and O–H groups in total. The number of hydrogen-bond donors (Lipinski definition) is 3. The van der Waals surface area contributed by atoms with Crippen molar-refractivity contribution in [2.45, 2.75) is 19.4 Å². The quantitative estimate of drug-likeness (QED) is 0.621. The Morgan fingerprint density at radius 3 is 2.50 bits per heavy atom. The number of urea groups is 1. The summed E-state index contributed by atoms with van der Waals surface area (Å²) in [6.45, 7) is 0.836. The first-order chi connectivity index (χ1) is 9.63. The Morgan fingerprint density at radius 1 is 1.20 bits per heavy atom. The van der Waals surface area contributed by atoms with Gasteiger partial charge in [0.15, 0.2) is 0 Å². The largest absolute Gasteiger partial charge is 0.481 e. The van der Waals surface area contributed by atoms with Gasteiger partial charge in [-0.1, -0.05) is 30.3 Å². The molecule has 6 heteroatoms. The van der Waals surface area contributed by atoms with Gasteiger partial charge in [-0.15, -0.1) is 0 Å². The van der Waals surface area contributed by atoms with Gasteiger partial charge in [0.25, 0.3) is 0 Å². The molecule has 110 valence electrons. The lowest BCUT2D eigenvalue weighted by atomic mass is 10.2. The predicted octanol–water partition coefficient (Wildman–Crippen LogP) is 1.06. The zero-order valence-corrected chi connectivity index (χ0v) is 11.3. The zero-order valence-electron chi connectivity index (χ0n) is 11.3. The lowest BCUT2D eigenvalue weighted by Gasteiger charge is -2.22. The van der Waals surface area contributed by atoms with Crippen LogP contribution in [-0.4, -0.2) is 46.8 Å². The first kappa shape index (κ1) is 16.0. The summed E-state index contributed by atoms with van der Waals surface area (Å²) in [5, 5.41) is 20.2. The monoisotopic (exact) mass is 280 g/mol. The zero-order chi connectivity index (χ0) is 14.8. The van der Waals surface area contributed by atoms with Gasteiger partial charge in [0, 0.05) is 26.1 Å². The molecule has 0 saturated carbocycles. The number of benzene rings is 1. The molecule has 0 atom stereocenters. The van der Waals surface area contributed by atoms with Crippen molar-refractivity contribution in [2.75, 3.05) is 19.7 Å². The van der Waals surface area contributed by atoms with Gasteiger partial charge in [0.2, 0.25) is 0 Å². The Hall–Kier alpha value is -2.08. The molecule has 0 fully saturated rings. The maximum absolute atomic E-state index is 11.9. The topological polar surface area (TPSA) is 89.9 Å². The van der Waals surface area contributed by atoms with Crippen LogP contribution in [0.25, 0.3) is 0 Å². The molecular weight excluding hydrogens is 260 g/mol. The van der Waals surface area contributed by atoms with Crippen molar-refractivity contribution in [1.82, 2.24) is 10.2 Å². The van der Waals surface area contributed by atoms with Gasteiger partial charge in [0.05, 0.1) is 6.61 Å². The molecule has 0 unspecified atom stereocenters. The van der Waals surface area contributed by atoms with E-state index in [1.165, 1.54) is 4.90 Å². The van der Waals surface area contributed by atoms with Gasteiger partial charge in [0.1, 0.15) is 0 Å². The third-order valence-corrected chi connectivity index (χ3v) is 2.72. The third kappa shape index (κ3) is 6.19. The molecule has 0 bridgehead atoms. The molecule has 1 rings (SSSR count). The van der Waals surface area contributed by atoms with E-state index in [-0.39, 0.29) is 25.6 Å². The number of nitrogens with one attached hydrogen (secondary N) is 1. The molecule has 0 aliphatic carbocycles.